The summed E-state index contributed by atoms with van der Waals surface area (Å²) in [7, 11) is 0. The number of hydrogen-bond acceptors (Lipinski definition) is 6. The Morgan fingerprint density at radius 1 is 1.32 bits per heavy atom. The van der Waals surface area contributed by atoms with Crippen LogP contribution in [0.15, 0.2) is 51.0 Å². The van der Waals surface area contributed by atoms with Crippen LogP contribution in [0.4, 0.5) is 0 Å². The van der Waals surface area contributed by atoms with Crippen molar-refractivity contribution in [2.45, 2.75) is 17.8 Å². The molecule has 0 aliphatic carbocycles. The van der Waals surface area contributed by atoms with Gasteiger partial charge < -0.3 is 9.52 Å². The smallest absolute Gasteiger partial charge is 0.226 e. The van der Waals surface area contributed by atoms with E-state index in [-0.39, 0.29) is 0 Å². The van der Waals surface area contributed by atoms with Gasteiger partial charge in [0, 0.05) is 11.6 Å². The van der Waals surface area contributed by atoms with E-state index in [2.05, 4.69) is 15.2 Å². The fourth-order valence-corrected chi connectivity index (χ4v) is 2.50. The Balaban J connectivity index is 1.70. The van der Waals surface area contributed by atoms with Gasteiger partial charge in [-0.15, -0.1) is 5.10 Å². The second-order valence-corrected chi connectivity index (χ2v) is 5.66. The summed E-state index contributed by atoms with van der Waals surface area (Å²) in [6.45, 7) is 2.02. The van der Waals surface area contributed by atoms with Crippen LogP contribution in [0.3, 0.4) is 0 Å². The average Bonchev–Trinajstić information content (AvgIpc) is 2.98. The molecular weight excluding hydrogens is 302 g/mol. The molecule has 0 fully saturated rings. The second kappa shape index (κ2) is 6.07. The molecule has 7 heteroatoms. The quantitative estimate of drug-likeness (QED) is 0.719. The summed E-state index contributed by atoms with van der Waals surface area (Å²) in [5.41, 5.74) is 1.68. The third-order valence-corrected chi connectivity index (χ3v) is 3.87. The standard InChI is InChI=1S/C15H13N3O3S/c1-9-2-4-10(5-3-9)14-16-15(18-17-14)22-8-11-6-12(19)13(20)7-21-11/h2-7,20H,8H2,1H3,(H,16,17,18). The molecule has 3 rings (SSSR count). The lowest BCUT2D eigenvalue weighted by atomic mass is 10.1. The van der Waals surface area contributed by atoms with Crippen molar-refractivity contribution in [2.24, 2.45) is 0 Å². The zero-order chi connectivity index (χ0) is 15.5. The number of nitrogens with one attached hydrogen (secondary N) is 1. The number of H-pyrrole nitrogens is 1. The van der Waals surface area contributed by atoms with Crippen LogP contribution in [0.25, 0.3) is 11.4 Å². The van der Waals surface area contributed by atoms with Crippen molar-refractivity contribution in [2.75, 3.05) is 0 Å². The van der Waals surface area contributed by atoms with E-state index in [0.29, 0.717) is 22.5 Å². The summed E-state index contributed by atoms with van der Waals surface area (Å²) >= 11 is 1.34. The Morgan fingerprint density at radius 2 is 2.09 bits per heavy atom. The Hall–Kier alpha value is -2.54. The predicted molar refractivity (Wildman–Crippen MR) is 82.8 cm³/mol. The Labute approximate surface area is 130 Å². The van der Waals surface area contributed by atoms with E-state index >= 15 is 0 Å². The molecule has 1 aromatic carbocycles. The first-order valence-electron chi connectivity index (χ1n) is 6.55. The normalized spacial score (nSPS) is 10.8. The molecule has 0 amide bonds. The molecule has 0 bridgehead atoms. The van der Waals surface area contributed by atoms with Gasteiger partial charge in [0.05, 0.1) is 5.75 Å². The third-order valence-electron chi connectivity index (χ3n) is 3.00. The number of benzene rings is 1. The van der Waals surface area contributed by atoms with Crippen molar-refractivity contribution >= 4 is 11.8 Å². The topological polar surface area (TPSA) is 92.0 Å². The van der Waals surface area contributed by atoms with E-state index < -0.39 is 11.2 Å². The van der Waals surface area contributed by atoms with Crippen LogP contribution in [-0.2, 0) is 5.75 Å². The van der Waals surface area contributed by atoms with Crippen LogP contribution in [-0.4, -0.2) is 20.3 Å². The number of nitrogens with zero attached hydrogens (tertiary/aromatic N) is 2. The number of hydrogen-bond donors (Lipinski definition) is 2. The van der Waals surface area contributed by atoms with Gasteiger partial charge in [-0.05, 0) is 6.92 Å². The lowest BCUT2D eigenvalue weighted by Gasteiger charge is -1.97. The predicted octanol–water partition coefficient (Wildman–Crippen LogP) is 2.73. The van der Waals surface area contributed by atoms with Crippen molar-refractivity contribution in [3.63, 3.8) is 0 Å². The number of aromatic nitrogens is 3. The molecular formula is C15H13N3O3S. The van der Waals surface area contributed by atoms with Gasteiger partial charge in [0.25, 0.3) is 0 Å². The molecule has 0 saturated carbocycles. The third kappa shape index (κ3) is 3.20. The van der Waals surface area contributed by atoms with Crippen molar-refractivity contribution in [3.05, 3.63) is 58.1 Å². The van der Waals surface area contributed by atoms with Gasteiger partial charge in [-0.2, -0.15) is 0 Å². The van der Waals surface area contributed by atoms with E-state index in [4.69, 9.17) is 9.52 Å². The molecule has 2 aromatic heterocycles. The second-order valence-electron chi connectivity index (χ2n) is 4.72. The number of aromatic amines is 1. The maximum atomic E-state index is 11.3. The molecule has 0 radical (unpaired) electrons. The van der Waals surface area contributed by atoms with Gasteiger partial charge in [0.15, 0.2) is 11.6 Å². The number of rotatable bonds is 4. The first kappa shape index (κ1) is 14.4. The highest BCUT2D eigenvalue weighted by Crippen LogP contribution is 2.22. The maximum absolute atomic E-state index is 11.3. The van der Waals surface area contributed by atoms with Crippen molar-refractivity contribution in [1.82, 2.24) is 15.2 Å². The summed E-state index contributed by atoms with van der Waals surface area (Å²) in [6, 6.07) is 9.23. The molecule has 0 unspecified atom stereocenters. The number of aromatic hydroxyl groups is 1. The highest BCUT2D eigenvalue weighted by Gasteiger charge is 2.08. The monoisotopic (exact) mass is 315 g/mol. The molecule has 0 aliphatic rings. The fraction of sp³-hybridized carbons (Fsp3) is 0.133. The first-order chi connectivity index (χ1) is 10.6. The SMILES string of the molecule is Cc1ccc(-c2nc(SCc3cc(=O)c(O)co3)n[nH]2)cc1. The van der Waals surface area contributed by atoms with Crippen LogP contribution in [0.1, 0.15) is 11.3 Å². The molecule has 0 spiro atoms. The van der Waals surface area contributed by atoms with Crippen LogP contribution >= 0.6 is 11.8 Å². The van der Waals surface area contributed by atoms with Gasteiger partial charge in [-0.25, -0.2) is 4.98 Å². The summed E-state index contributed by atoms with van der Waals surface area (Å²) in [5.74, 6) is 1.15. The summed E-state index contributed by atoms with van der Waals surface area (Å²) in [5, 5.41) is 16.7. The number of aryl methyl sites for hydroxylation is 1. The van der Waals surface area contributed by atoms with Gasteiger partial charge >= 0.3 is 0 Å². The van der Waals surface area contributed by atoms with Crippen LogP contribution in [0.2, 0.25) is 0 Å². The minimum absolute atomic E-state index is 0.395. The highest BCUT2D eigenvalue weighted by atomic mass is 32.2. The zero-order valence-corrected chi connectivity index (χ0v) is 12.6. The van der Waals surface area contributed by atoms with Crippen molar-refractivity contribution < 1.29 is 9.52 Å². The lowest BCUT2D eigenvalue weighted by molar-refractivity contribution is 0.419. The van der Waals surface area contributed by atoms with Crippen molar-refractivity contribution in [3.8, 4) is 17.1 Å². The van der Waals surface area contributed by atoms with E-state index in [9.17, 15) is 4.79 Å². The Kier molecular flexibility index (Phi) is 3.97. The molecule has 0 aliphatic heterocycles. The Bertz CT molecular complexity index is 840. The van der Waals surface area contributed by atoms with E-state index in [1.807, 2.05) is 31.2 Å². The van der Waals surface area contributed by atoms with Gasteiger partial charge in [-0.3, -0.25) is 9.89 Å². The minimum atomic E-state index is -0.461. The minimum Gasteiger partial charge on any atom is -0.502 e. The maximum Gasteiger partial charge on any atom is 0.226 e. The summed E-state index contributed by atoms with van der Waals surface area (Å²) in [4.78, 5) is 15.7. The molecule has 2 N–H and O–H groups in total. The zero-order valence-electron chi connectivity index (χ0n) is 11.7. The molecule has 112 valence electrons. The van der Waals surface area contributed by atoms with Gasteiger partial charge in [0.1, 0.15) is 12.0 Å². The Morgan fingerprint density at radius 3 is 2.82 bits per heavy atom. The van der Waals surface area contributed by atoms with Crippen LogP contribution in [0.5, 0.6) is 5.75 Å². The largest absolute Gasteiger partial charge is 0.502 e. The molecule has 6 nitrogen and oxygen atoms in total. The summed E-state index contributed by atoms with van der Waals surface area (Å²) in [6.07, 6.45) is 1.04. The summed E-state index contributed by atoms with van der Waals surface area (Å²) < 4.78 is 5.13. The van der Waals surface area contributed by atoms with E-state index in [1.165, 1.54) is 23.4 Å². The van der Waals surface area contributed by atoms with Crippen LogP contribution in [0, 0.1) is 6.92 Å². The molecule has 22 heavy (non-hydrogen) atoms. The first-order valence-corrected chi connectivity index (χ1v) is 7.53. The van der Waals surface area contributed by atoms with Gasteiger partial charge in [0.2, 0.25) is 10.6 Å². The average molecular weight is 315 g/mol. The number of thioether (sulfide) groups is 1. The molecule has 0 atom stereocenters. The highest BCUT2D eigenvalue weighted by molar-refractivity contribution is 7.98. The molecule has 3 aromatic rings. The van der Waals surface area contributed by atoms with Crippen molar-refractivity contribution in [1.29, 1.82) is 0 Å². The van der Waals surface area contributed by atoms with E-state index in [1.54, 1.807) is 0 Å². The lowest BCUT2D eigenvalue weighted by Crippen LogP contribution is -1.99. The molecule has 2 heterocycles. The molecule has 0 saturated heterocycles. The van der Waals surface area contributed by atoms with Crippen LogP contribution < -0.4 is 5.43 Å². The van der Waals surface area contributed by atoms with Gasteiger partial charge in [-0.1, -0.05) is 41.6 Å². The van der Waals surface area contributed by atoms with E-state index in [0.717, 1.165) is 11.8 Å². The fourth-order valence-electron chi connectivity index (χ4n) is 1.81.